The van der Waals surface area contributed by atoms with E-state index in [1.807, 2.05) is 6.92 Å². The summed E-state index contributed by atoms with van der Waals surface area (Å²) in [6.07, 6.45) is 1.27. The fourth-order valence-electron chi connectivity index (χ4n) is 1.46. The first-order valence-electron chi connectivity index (χ1n) is 4.94. The van der Waals surface area contributed by atoms with Gasteiger partial charge in [0.2, 0.25) is 0 Å². The molecule has 1 rings (SSSR count). The molecule has 1 fully saturated rings. The molecule has 72 valence electrons. The third kappa shape index (κ3) is 4.04. The minimum Gasteiger partial charge on any atom is -0.380 e. The quantitative estimate of drug-likeness (QED) is 0.618. The Morgan fingerprint density at radius 2 is 2.25 bits per heavy atom. The van der Waals surface area contributed by atoms with Crippen LogP contribution >= 0.6 is 0 Å². The maximum atomic E-state index is 5.31. The molecule has 1 heterocycles. The van der Waals surface area contributed by atoms with Crippen molar-refractivity contribution in [3.05, 3.63) is 0 Å². The van der Waals surface area contributed by atoms with Gasteiger partial charge in [-0.25, -0.2) is 0 Å². The molecular weight excluding hydrogens is 152 g/mol. The summed E-state index contributed by atoms with van der Waals surface area (Å²) in [5.41, 5.74) is 0. The van der Waals surface area contributed by atoms with Crippen molar-refractivity contribution in [1.82, 2.24) is 10.2 Å². The lowest BCUT2D eigenvalue weighted by Gasteiger charge is -2.18. The summed E-state index contributed by atoms with van der Waals surface area (Å²) in [7, 11) is 0. The fraction of sp³-hybridized carbons (Fsp3) is 1.00. The molecule has 0 aliphatic carbocycles. The van der Waals surface area contributed by atoms with Crippen LogP contribution in [0.5, 0.6) is 0 Å². The van der Waals surface area contributed by atoms with Crippen LogP contribution in [0.2, 0.25) is 0 Å². The van der Waals surface area contributed by atoms with Gasteiger partial charge in [0, 0.05) is 26.2 Å². The highest BCUT2D eigenvalue weighted by molar-refractivity contribution is 4.64. The van der Waals surface area contributed by atoms with Gasteiger partial charge in [0.15, 0.2) is 0 Å². The van der Waals surface area contributed by atoms with Crippen molar-refractivity contribution < 1.29 is 4.74 Å². The average molecular weight is 172 g/mol. The van der Waals surface area contributed by atoms with Crippen LogP contribution in [-0.4, -0.2) is 50.8 Å². The van der Waals surface area contributed by atoms with Gasteiger partial charge in [-0.05, 0) is 26.4 Å². The Hall–Kier alpha value is -0.120. The minimum absolute atomic E-state index is 0.839. The van der Waals surface area contributed by atoms with E-state index < -0.39 is 0 Å². The van der Waals surface area contributed by atoms with Crippen LogP contribution in [0.25, 0.3) is 0 Å². The van der Waals surface area contributed by atoms with E-state index >= 15 is 0 Å². The van der Waals surface area contributed by atoms with Crippen LogP contribution < -0.4 is 5.32 Å². The lowest BCUT2D eigenvalue weighted by Crippen LogP contribution is -2.31. The van der Waals surface area contributed by atoms with Gasteiger partial charge < -0.3 is 10.1 Å². The first-order chi connectivity index (χ1) is 5.93. The molecule has 1 saturated heterocycles. The molecule has 0 aromatic carbocycles. The summed E-state index contributed by atoms with van der Waals surface area (Å²) in [5.74, 6) is 0. The van der Waals surface area contributed by atoms with Crippen LogP contribution in [-0.2, 0) is 4.74 Å². The maximum Gasteiger partial charge on any atom is 0.0593 e. The summed E-state index contributed by atoms with van der Waals surface area (Å²) in [6.45, 7) is 9.56. The van der Waals surface area contributed by atoms with Crippen LogP contribution in [0.15, 0.2) is 0 Å². The second-order valence-electron chi connectivity index (χ2n) is 3.14. The highest BCUT2D eigenvalue weighted by Crippen LogP contribution is 1.94. The minimum atomic E-state index is 0.839. The van der Waals surface area contributed by atoms with Crippen molar-refractivity contribution in [2.45, 2.75) is 13.3 Å². The second kappa shape index (κ2) is 6.40. The molecule has 1 aliphatic heterocycles. The van der Waals surface area contributed by atoms with E-state index in [1.54, 1.807) is 0 Å². The van der Waals surface area contributed by atoms with Crippen LogP contribution in [0.4, 0.5) is 0 Å². The van der Waals surface area contributed by atoms with Crippen LogP contribution in [0.3, 0.4) is 0 Å². The van der Waals surface area contributed by atoms with Gasteiger partial charge in [-0.3, -0.25) is 4.90 Å². The van der Waals surface area contributed by atoms with Crippen molar-refractivity contribution in [2.75, 3.05) is 45.9 Å². The number of hydrogen-bond acceptors (Lipinski definition) is 3. The first-order valence-corrected chi connectivity index (χ1v) is 4.94. The molecule has 3 nitrogen and oxygen atoms in total. The highest BCUT2D eigenvalue weighted by atomic mass is 16.5. The predicted molar refractivity (Wildman–Crippen MR) is 50.4 cm³/mol. The third-order valence-electron chi connectivity index (χ3n) is 2.19. The zero-order valence-electron chi connectivity index (χ0n) is 8.01. The molecule has 0 unspecified atom stereocenters. The molecule has 0 atom stereocenters. The largest absolute Gasteiger partial charge is 0.380 e. The number of rotatable bonds is 4. The van der Waals surface area contributed by atoms with Crippen molar-refractivity contribution >= 4 is 0 Å². The van der Waals surface area contributed by atoms with E-state index in [0.29, 0.717) is 0 Å². The Labute approximate surface area is 75.1 Å². The summed E-state index contributed by atoms with van der Waals surface area (Å²) in [5, 5.41) is 3.39. The Bertz CT molecular complexity index is 101. The molecular formula is C9H20N2O. The Balaban J connectivity index is 2.04. The molecule has 1 aliphatic rings. The van der Waals surface area contributed by atoms with E-state index in [0.717, 1.165) is 26.3 Å². The molecule has 1 N–H and O–H groups in total. The van der Waals surface area contributed by atoms with Gasteiger partial charge in [-0.2, -0.15) is 0 Å². The number of ether oxygens (including phenoxy) is 1. The van der Waals surface area contributed by atoms with Crippen molar-refractivity contribution in [2.24, 2.45) is 0 Å². The summed E-state index contributed by atoms with van der Waals surface area (Å²) >= 11 is 0. The number of nitrogens with one attached hydrogen (secondary N) is 1. The molecule has 0 bridgehead atoms. The van der Waals surface area contributed by atoms with E-state index in [1.165, 1.54) is 26.1 Å². The Morgan fingerprint density at radius 1 is 1.33 bits per heavy atom. The Kier molecular flexibility index (Phi) is 5.32. The van der Waals surface area contributed by atoms with Gasteiger partial charge in [0.25, 0.3) is 0 Å². The van der Waals surface area contributed by atoms with Crippen LogP contribution in [0.1, 0.15) is 13.3 Å². The second-order valence-corrected chi connectivity index (χ2v) is 3.14. The standard InChI is InChI=1S/C9H20N2O/c1-2-12-9-8-11-6-3-4-10-5-7-11/h10H,2-9H2,1H3. The summed E-state index contributed by atoms with van der Waals surface area (Å²) in [4.78, 5) is 2.47. The highest BCUT2D eigenvalue weighted by Gasteiger charge is 2.06. The predicted octanol–water partition coefficient (Wildman–Crippen LogP) is 0.318. The first kappa shape index (κ1) is 9.96. The van der Waals surface area contributed by atoms with Gasteiger partial charge in [-0.1, -0.05) is 0 Å². The number of nitrogens with zero attached hydrogens (tertiary/aromatic N) is 1. The molecule has 0 aromatic heterocycles. The average Bonchev–Trinajstić information content (AvgIpc) is 2.33. The summed E-state index contributed by atoms with van der Waals surface area (Å²) < 4.78 is 5.31. The smallest absolute Gasteiger partial charge is 0.0593 e. The SMILES string of the molecule is CCOCCN1CCCNCC1. The molecule has 0 saturated carbocycles. The van der Waals surface area contributed by atoms with E-state index in [9.17, 15) is 0 Å². The van der Waals surface area contributed by atoms with E-state index in [2.05, 4.69) is 10.2 Å². The van der Waals surface area contributed by atoms with E-state index in [-0.39, 0.29) is 0 Å². The maximum absolute atomic E-state index is 5.31. The summed E-state index contributed by atoms with van der Waals surface area (Å²) in [6, 6.07) is 0. The Morgan fingerprint density at radius 3 is 3.08 bits per heavy atom. The van der Waals surface area contributed by atoms with Crippen molar-refractivity contribution in [3.63, 3.8) is 0 Å². The zero-order valence-corrected chi connectivity index (χ0v) is 8.01. The van der Waals surface area contributed by atoms with Gasteiger partial charge in [-0.15, -0.1) is 0 Å². The van der Waals surface area contributed by atoms with Gasteiger partial charge >= 0.3 is 0 Å². The third-order valence-corrected chi connectivity index (χ3v) is 2.19. The molecule has 12 heavy (non-hydrogen) atoms. The lowest BCUT2D eigenvalue weighted by atomic mass is 10.4. The van der Waals surface area contributed by atoms with Crippen molar-refractivity contribution in [3.8, 4) is 0 Å². The molecule has 0 amide bonds. The molecule has 0 spiro atoms. The zero-order chi connectivity index (χ0) is 8.65. The topological polar surface area (TPSA) is 24.5 Å². The lowest BCUT2D eigenvalue weighted by molar-refractivity contribution is 0.116. The van der Waals surface area contributed by atoms with Crippen molar-refractivity contribution in [1.29, 1.82) is 0 Å². The molecule has 0 aromatic rings. The van der Waals surface area contributed by atoms with Gasteiger partial charge in [0.1, 0.15) is 0 Å². The monoisotopic (exact) mass is 172 g/mol. The van der Waals surface area contributed by atoms with Gasteiger partial charge in [0.05, 0.1) is 6.61 Å². The van der Waals surface area contributed by atoms with E-state index in [4.69, 9.17) is 4.74 Å². The normalized spacial score (nSPS) is 20.8. The fourth-order valence-corrected chi connectivity index (χ4v) is 1.46. The molecule has 3 heteroatoms. The molecule has 0 radical (unpaired) electrons. The number of hydrogen-bond donors (Lipinski definition) is 1. The van der Waals surface area contributed by atoms with Crippen LogP contribution in [0, 0.1) is 0 Å².